The van der Waals surface area contributed by atoms with E-state index in [9.17, 15) is 14.4 Å². The molecule has 3 atom stereocenters. The molecule has 0 heterocycles. The lowest BCUT2D eigenvalue weighted by molar-refractivity contribution is -0.113. The first kappa shape index (κ1) is 21.6. The Morgan fingerprint density at radius 1 is 0.875 bits per heavy atom. The van der Waals surface area contributed by atoms with Gasteiger partial charge in [-0.15, -0.1) is 0 Å². The molecule has 2 aromatic carbocycles. The van der Waals surface area contributed by atoms with E-state index in [0.29, 0.717) is 12.0 Å². The first-order chi connectivity index (χ1) is 15.4. The molecule has 32 heavy (non-hydrogen) atoms. The number of carbonyl (C=O) groups excluding carboxylic acids is 3. The highest BCUT2D eigenvalue weighted by atomic mass is 16.1. The molecular weight excluding hydrogens is 396 g/mol. The molecular formula is C29H26O3. The summed E-state index contributed by atoms with van der Waals surface area (Å²) < 4.78 is 0. The molecule has 0 aliphatic heterocycles. The van der Waals surface area contributed by atoms with Crippen molar-refractivity contribution < 1.29 is 14.4 Å². The first-order valence-electron chi connectivity index (χ1n) is 10.9. The summed E-state index contributed by atoms with van der Waals surface area (Å²) in [7, 11) is 0. The molecule has 0 saturated heterocycles. The Balaban J connectivity index is 1.80. The molecule has 4 rings (SSSR count). The van der Waals surface area contributed by atoms with Crippen molar-refractivity contribution in [1.82, 2.24) is 0 Å². The number of allylic oxidation sites excluding steroid dienone is 8. The van der Waals surface area contributed by atoms with Crippen molar-refractivity contribution in [3.05, 3.63) is 95.6 Å². The van der Waals surface area contributed by atoms with Gasteiger partial charge in [-0.05, 0) is 70.9 Å². The largest absolute Gasteiger partial charge is 0.303 e. The van der Waals surface area contributed by atoms with Crippen LogP contribution in [-0.4, -0.2) is 18.9 Å². The Morgan fingerprint density at radius 3 is 2.12 bits per heavy atom. The van der Waals surface area contributed by atoms with Crippen LogP contribution in [-0.2, 0) is 9.59 Å². The molecule has 0 spiro atoms. The summed E-state index contributed by atoms with van der Waals surface area (Å²) in [6.07, 6.45) is 15.7. The van der Waals surface area contributed by atoms with Crippen LogP contribution in [0.15, 0.2) is 78.9 Å². The van der Waals surface area contributed by atoms with Crippen molar-refractivity contribution in [1.29, 1.82) is 0 Å². The SMILES string of the molecule is CC1C=C(c2cc(C3=CCC(C)(C=O)C=C3)cc(-c3ccc(C=O)cc3)c2)C=CC1C=O. The van der Waals surface area contributed by atoms with Gasteiger partial charge in [-0.2, -0.15) is 0 Å². The van der Waals surface area contributed by atoms with E-state index in [4.69, 9.17) is 0 Å². The van der Waals surface area contributed by atoms with E-state index in [1.165, 1.54) is 0 Å². The number of hydrogen-bond acceptors (Lipinski definition) is 3. The lowest BCUT2D eigenvalue weighted by Crippen LogP contribution is -2.16. The van der Waals surface area contributed by atoms with Crippen LogP contribution in [0, 0.1) is 17.3 Å². The summed E-state index contributed by atoms with van der Waals surface area (Å²) in [5, 5.41) is 0. The molecule has 160 valence electrons. The van der Waals surface area contributed by atoms with Crippen LogP contribution in [0.2, 0.25) is 0 Å². The lowest BCUT2D eigenvalue weighted by atomic mass is 9.81. The molecule has 0 bridgehead atoms. The maximum Gasteiger partial charge on any atom is 0.150 e. The topological polar surface area (TPSA) is 51.2 Å². The highest BCUT2D eigenvalue weighted by Crippen LogP contribution is 2.36. The zero-order valence-electron chi connectivity index (χ0n) is 18.3. The number of benzene rings is 2. The molecule has 2 aliphatic rings. The Kier molecular flexibility index (Phi) is 6.00. The monoisotopic (exact) mass is 422 g/mol. The van der Waals surface area contributed by atoms with Crippen molar-refractivity contribution in [3.8, 4) is 11.1 Å². The molecule has 3 unspecified atom stereocenters. The molecule has 0 amide bonds. The van der Waals surface area contributed by atoms with Gasteiger partial charge in [0.1, 0.15) is 18.9 Å². The van der Waals surface area contributed by atoms with Gasteiger partial charge in [0.2, 0.25) is 0 Å². The van der Waals surface area contributed by atoms with Crippen LogP contribution < -0.4 is 0 Å². The molecule has 0 radical (unpaired) electrons. The number of carbonyl (C=O) groups is 3. The maximum absolute atomic E-state index is 11.4. The van der Waals surface area contributed by atoms with Crippen molar-refractivity contribution in [2.45, 2.75) is 20.3 Å². The van der Waals surface area contributed by atoms with E-state index in [2.05, 4.69) is 37.3 Å². The fraction of sp³-hybridized carbons (Fsp3) is 0.207. The highest BCUT2D eigenvalue weighted by molar-refractivity contribution is 5.87. The lowest BCUT2D eigenvalue weighted by Gasteiger charge is -2.23. The zero-order valence-corrected chi connectivity index (χ0v) is 18.3. The van der Waals surface area contributed by atoms with E-state index < -0.39 is 5.41 Å². The maximum atomic E-state index is 11.4. The van der Waals surface area contributed by atoms with E-state index >= 15 is 0 Å². The van der Waals surface area contributed by atoms with Gasteiger partial charge in [0.05, 0.1) is 0 Å². The average molecular weight is 423 g/mol. The third-order valence-corrected chi connectivity index (χ3v) is 6.36. The van der Waals surface area contributed by atoms with Gasteiger partial charge in [0.15, 0.2) is 0 Å². The Morgan fingerprint density at radius 2 is 1.56 bits per heavy atom. The highest BCUT2D eigenvalue weighted by Gasteiger charge is 2.23. The zero-order chi connectivity index (χ0) is 22.7. The second-order valence-electron chi connectivity index (χ2n) is 8.91. The van der Waals surface area contributed by atoms with Crippen LogP contribution >= 0.6 is 0 Å². The fourth-order valence-corrected chi connectivity index (χ4v) is 4.13. The minimum Gasteiger partial charge on any atom is -0.303 e. The molecule has 3 heteroatoms. The standard InChI is InChI=1S/C29H26O3/c1-20-13-24(7-8-25(20)18-31)28-15-26(22-5-3-21(17-30)4-6-22)14-27(16-28)23-9-11-29(2,19-32)12-10-23/h3-11,13-20,25H,12H2,1-2H3. The second kappa shape index (κ2) is 8.88. The summed E-state index contributed by atoms with van der Waals surface area (Å²) >= 11 is 0. The van der Waals surface area contributed by atoms with Gasteiger partial charge < -0.3 is 9.59 Å². The summed E-state index contributed by atoms with van der Waals surface area (Å²) in [4.78, 5) is 33.8. The first-order valence-corrected chi connectivity index (χ1v) is 10.9. The van der Waals surface area contributed by atoms with E-state index in [1.807, 2.05) is 55.5 Å². The Bertz CT molecular complexity index is 1180. The average Bonchev–Trinajstić information content (AvgIpc) is 2.84. The summed E-state index contributed by atoms with van der Waals surface area (Å²) in [6.45, 7) is 3.99. The third kappa shape index (κ3) is 4.38. The fourth-order valence-electron chi connectivity index (χ4n) is 4.13. The molecule has 2 aromatic rings. The van der Waals surface area contributed by atoms with Gasteiger partial charge in [-0.1, -0.05) is 67.6 Å². The summed E-state index contributed by atoms with van der Waals surface area (Å²) in [6, 6.07) is 14.0. The molecule has 0 fully saturated rings. The Hall–Kier alpha value is -3.59. The Labute approximate surface area is 188 Å². The van der Waals surface area contributed by atoms with Crippen LogP contribution in [0.25, 0.3) is 22.3 Å². The van der Waals surface area contributed by atoms with Gasteiger partial charge in [-0.3, -0.25) is 4.79 Å². The predicted molar refractivity (Wildman–Crippen MR) is 129 cm³/mol. The van der Waals surface area contributed by atoms with Gasteiger partial charge in [0.25, 0.3) is 0 Å². The quantitative estimate of drug-likeness (QED) is 0.527. The van der Waals surface area contributed by atoms with Gasteiger partial charge >= 0.3 is 0 Å². The molecule has 2 aliphatic carbocycles. The van der Waals surface area contributed by atoms with Crippen LogP contribution in [0.1, 0.15) is 41.8 Å². The minimum atomic E-state index is -0.456. The molecule has 0 saturated carbocycles. The van der Waals surface area contributed by atoms with Crippen LogP contribution in [0.3, 0.4) is 0 Å². The second-order valence-corrected chi connectivity index (χ2v) is 8.91. The minimum absolute atomic E-state index is 0.0951. The van der Waals surface area contributed by atoms with E-state index in [-0.39, 0.29) is 11.8 Å². The van der Waals surface area contributed by atoms with Crippen LogP contribution in [0.5, 0.6) is 0 Å². The molecule has 0 aromatic heterocycles. The predicted octanol–water partition coefficient (Wildman–Crippen LogP) is 6.12. The number of rotatable bonds is 6. The van der Waals surface area contributed by atoms with E-state index in [1.54, 1.807) is 0 Å². The van der Waals surface area contributed by atoms with Gasteiger partial charge in [0, 0.05) is 16.9 Å². The van der Waals surface area contributed by atoms with Crippen molar-refractivity contribution in [2.75, 3.05) is 0 Å². The number of hydrogen-bond donors (Lipinski definition) is 0. The van der Waals surface area contributed by atoms with Gasteiger partial charge in [-0.25, -0.2) is 0 Å². The smallest absolute Gasteiger partial charge is 0.150 e. The number of aldehydes is 3. The van der Waals surface area contributed by atoms with Crippen molar-refractivity contribution in [3.63, 3.8) is 0 Å². The summed E-state index contributed by atoms with van der Waals surface area (Å²) in [5.74, 6) is 0.0378. The van der Waals surface area contributed by atoms with Crippen molar-refractivity contribution in [2.24, 2.45) is 17.3 Å². The van der Waals surface area contributed by atoms with Crippen LogP contribution in [0.4, 0.5) is 0 Å². The third-order valence-electron chi connectivity index (χ3n) is 6.36. The normalized spacial score (nSPS) is 24.4. The summed E-state index contributed by atoms with van der Waals surface area (Å²) in [5.41, 5.74) is 6.56. The molecule has 0 N–H and O–H groups in total. The van der Waals surface area contributed by atoms with Crippen molar-refractivity contribution >= 4 is 30.0 Å². The molecule has 3 nitrogen and oxygen atoms in total. The van der Waals surface area contributed by atoms with E-state index in [0.717, 1.165) is 52.3 Å².